The SMILES string of the molecule is Cc1noc(C)c1CN1CCN(c2snc(Cl)c2C#N)CC1. The first kappa shape index (κ1) is 15.3. The van der Waals surface area contributed by atoms with Crippen molar-refractivity contribution in [1.29, 1.82) is 5.26 Å². The van der Waals surface area contributed by atoms with Crippen LogP contribution in [0.4, 0.5) is 5.00 Å². The number of rotatable bonds is 3. The molecule has 0 spiro atoms. The third kappa shape index (κ3) is 2.82. The summed E-state index contributed by atoms with van der Waals surface area (Å²) < 4.78 is 9.29. The van der Waals surface area contributed by atoms with Crippen LogP contribution >= 0.6 is 23.1 Å². The topological polar surface area (TPSA) is 69.2 Å². The van der Waals surface area contributed by atoms with Gasteiger partial charge >= 0.3 is 0 Å². The Morgan fingerprint density at radius 1 is 1.32 bits per heavy atom. The first-order valence-corrected chi connectivity index (χ1v) is 8.19. The lowest BCUT2D eigenvalue weighted by Crippen LogP contribution is -2.46. The maximum absolute atomic E-state index is 9.18. The van der Waals surface area contributed by atoms with Gasteiger partial charge in [0.2, 0.25) is 0 Å². The summed E-state index contributed by atoms with van der Waals surface area (Å²) >= 11 is 7.24. The summed E-state index contributed by atoms with van der Waals surface area (Å²) in [5.74, 6) is 0.890. The van der Waals surface area contributed by atoms with Crippen LogP contribution in [0.15, 0.2) is 4.52 Å². The van der Waals surface area contributed by atoms with Crippen LogP contribution in [0.1, 0.15) is 22.6 Å². The van der Waals surface area contributed by atoms with Crippen LogP contribution < -0.4 is 4.90 Å². The second kappa shape index (κ2) is 6.24. The standard InChI is InChI=1S/C14H16ClN5OS/c1-9-12(10(2)21-17-9)8-19-3-5-20(6-4-19)14-11(7-16)13(15)18-22-14/h3-6,8H2,1-2H3. The highest BCUT2D eigenvalue weighted by Crippen LogP contribution is 2.31. The largest absolute Gasteiger partial charge is 0.361 e. The van der Waals surface area contributed by atoms with Crippen molar-refractivity contribution < 1.29 is 4.52 Å². The summed E-state index contributed by atoms with van der Waals surface area (Å²) in [5.41, 5.74) is 2.62. The maximum Gasteiger partial charge on any atom is 0.162 e. The van der Waals surface area contributed by atoms with Crippen molar-refractivity contribution in [3.8, 4) is 6.07 Å². The molecule has 0 radical (unpaired) electrons. The molecule has 1 aliphatic rings. The van der Waals surface area contributed by atoms with Crippen LogP contribution in [-0.2, 0) is 6.54 Å². The third-order valence-corrected chi connectivity index (χ3v) is 5.25. The summed E-state index contributed by atoms with van der Waals surface area (Å²) in [5, 5.41) is 14.4. The Morgan fingerprint density at radius 2 is 2.05 bits per heavy atom. The van der Waals surface area contributed by atoms with E-state index in [2.05, 4.69) is 25.4 Å². The highest BCUT2D eigenvalue weighted by Gasteiger charge is 2.24. The quantitative estimate of drug-likeness (QED) is 0.857. The van der Waals surface area contributed by atoms with Crippen LogP contribution in [0, 0.1) is 25.2 Å². The van der Waals surface area contributed by atoms with Crippen LogP contribution in [0.5, 0.6) is 0 Å². The maximum atomic E-state index is 9.18. The van der Waals surface area contributed by atoms with Crippen molar-refractivity contribution in [1.82, 2.24) is 14.4 Å². The lowest BCUT2D eigenvalue weighted by molar-refractivity contribution is 0.248. The van der Waals surface area contributed by atoms with E-state index in [9.17, 15) is 5.26 Å². The predicted molar refractivity (Wildman–Crippen MR) is 85.3 cm³/mol. The Morgan fingerprint density at radius 3 is 2.64 bits per heavy atom. The van der Waals surface area contributed by atoms with E-state index >= 15 is 0 Å². The fourth-order valence-electron chi connectivity index (χ4n) is 2.63. The van der Waals surface area contributed by atoms with Gasteiger partial charge in [-0.05, 0) is 25.4 Å². The van der Waals surface area contributed by atoms with E-state index in [-0.39, 0.29) is 0 Å². The zero-order valence-electron chi connectivity index (χ0n) is 12.5. The number of hydrogen-bond donors (Lipinski definition) is 0. The van der Waals surface area contributed by atoms with Gasteiger partial charge in [0.05, 0.1) is 5.69 Å². The van der Waals surface area contributed by atoms with Gasteiger partial charge < -0.3 is 9.42 Å². The molecule has 8 heteroatoms. The fourth-order valence-corrected chi connectivity index (χ4v) is 3.71. The fraction of sp³-hybridized carbons (Fsp3) is 0.500. The molecular formula is C14H16ClN5OS. The molecule has 0 bridgehead atoms. The van der Waals surface area contributed by atoms with Gasteiger partial charge in [-0.2, -0.15) is 9.64 Å². The molecule has 6 nitrogen and oxygen atoms in total. The number of nitrogens with zero attached hydrogens (tertiary/aromatic N) is 5. The molecule has 2 aromatic heterocycles. The number of anilines is 1. The van der Waals surface area contributed by atoms with E-state index in [1.807, 2.05) is 13.8 Å². The summed E-state index contributed by atoms with van der Waals surface area (Å²) in [6.45, 7) is 8.33. The first-order chi connectivity index (χ1) is 10.6. The van der Waals surface area contributed by atoms with Gasteiger partial charge in [0.15, 0.2) is 5.15 Å². The van der Waals surface area contributed by atoms with Gasteiger partial charge in [0, 0.05) is 38.3 Å². The van der Waals surface area contributed by atoms with Crippen molar-refractivity contribution in [3.05, 3.63) is 27.7 Å². The minimum absolute atomic E-state index is 0.306. The molecule has 0 aliphatic carbocycles. The molecule has 2 aromatic rings. The highest BCUT2D eigenvalue weighted by atomic mass is 35.5. The van der Waals surface area contributed by atoms with Gasteiger partial charge in [-0.25, -0.2) is 0 Å². The van der Waals surface area contributed by atoms with Gasteiger partial charge in [-0.3, -0.25) is 4.90 Å². The van der Waals surface area contributed by atoms with Crippen molar-refractivity contribution >= 4 is 28.1 Å². The van der Waals surface area contributed by atoms with E-state index in [4.69, 9.17) is 16.1 Å². The first-order valence-electron chi connectivity index (χ1n) is 7.04. The van der Waals surface area contributed by atoms with Crippen LogP contribution in [0.2, 0.25) is 5.15 Å². The summed E-state index contributed by atoms with van der Waals surface area (Å²) in [4.78, 5) is 4.56. The molecule has 0 unspecified atom stereocenters. The second-order valence-electron chi connectivity index (χ2n) is 5.33. The molecule has 1 fully saturated rings. The van der Waals surface area contributed by atoms with Crippen molar-refractivity contribution in [3.63, 3.8) is 0 Å². The van der Waals surface area contributed by atoms with E-state index in [0.29, 0.717) is 10.7 Å². The third-order valence-electron chi connectivity index (χ3n) is 3.97. The number of nitriles is 1. The van der Waals surface area contributed by atoms with Gasteiger partial charge in [0.25, 0.3) is 0 Å². The van der Waals surface area contributed by atoms with E-state index < -0.39 is 0 Å². The second-order valence-corrected chi connectivity index (χ2v) is 6.44. The normalized spacial score (nSPS) is 16.0. The van der Waals surface area contributed by atoms with Crippen LogP contribution in [0.25, 0.3) is 0 Å². The minimum atomic E-state index is 0.306. The number of aryl methyl sites for hydroxylation is 2. The molecule has 22 heavy (non-hydrogen) atoms. The minimum Gasteiger partial charge on any atom is -0.361 e. The molecule has 1 saturated heterocycles. The van der Waals surface area contributed by atoms with Gasteiger partial charge in [-0.15, -0.1) is 0 Å². The molecule has 0 atom stereocenters. The lowest BCUT2D eigenvalue weighted by Gasteiger charge is -2.35. The van der Waals surface area contributed by atoms with Crippen molar-refractivity contribution in [2.45, 2.75) is 20.4 Å². The predicted octanol–water partition coefficient (Wildman–Crippen LogP) is 2.60. The average Bonchev–Trinajstić information content (AvgIpc) is 3.05. The summed E-state index contributed by atoms with van der Waals surface area (Å²) in [6.07, 6.45) is 0. The summed E-state index contributed by atoms with van der Waals surface area (Å²) in [6, 6.07) is 2.14. The van der Waals surface area contributed by atoms with Gasteiger partial charge in [0.1, 0.15) is 22.4 Å². The van der Waals surface area contributed by atoms with Crippen LogP contribution in [0.3, 0.4) is 0 Å². The molecule has 0 saturated carbocycles. The zero-order chi connectivity index (χ0) is 15.7. The molecule has 0 N–H and O–H groups in total. The Hall–Kier alpha value is -1.62. The molecular weight excluding hydrogens is 322 g/mol. The molecule has 0 aromatic carbocycles. The smallest absolute Gasteiger partial charge is 0.162 e. The average molecular weight is 338 g/mol. The molecule has 116 valence electrons. The number of piperazine rings is 1. The summed E-state index contributed by atoms with van der Waals surface area (Å²) in [7, 11) is 0. The monoisotopic (exact) mass is 337 g/mol. The van der Waals surface area contributed by atoms with E-state index in [1.165, 1.54) is 17.1 Å². The Bertz CT molecular complexity index is 692. The highest BCUT2D eigenvalue weighted by molar-refractivity contribution is 7.10. The Balaban J connectivity index is 1.64. The van der Waals surface area contributed by atoms with E-state index in [0.717, 1.165) is 49.2 Å². The molecule has 1 aliphatic heterocycles. The van der Waals surface area contributed by atoms with Gasteiger partial charge in [-0.1, -0.05) is 16.8 Å². The lowest BCUT2D eigenvalue weighted by atomic mass is 10.2. The molecule has 3 rings (SSSR count). The number of hydrogen-bond acceptors (Lipinski definition) is 7. The van der Waals surface area contributed by atoms with Crippen molar-refractivity contribution in [2.75, 3.05) is 31.1 Å². The van der Waals surface area contributed by atoms with Crippen molar-refractivity contribution in [2.24, 2.45) is 0 Å². The Kier molecular flexibility index (Phi) is 4.34. The molecule has 3 heterocycles. The van der Waals surface area contributed by atoms with E-state index in [1.54, 1.807) is 0 Å². The Labute approximate surface area is 138 Å². The zero-order valence-corrected chi connectivity index (χ0v) is 14.0. The number of halogens is 1. The number of aromatic nitrogens is 2. The van der Waals surface area contributed by atoms with Crippen LogP contribution in [-0.4, -0.2) is 40.6 Å². The molecule has 0 amide bonds.